The van der Waals surface area contributed by atoms with Crippen molar-refractivity contribution in [2.24, 2.45) is 0 Å². The van der Waals surface area contributed by atoms with Crippen molar-refractivity contribution >= 4 is 33.3 Å². The molecule has 0 radical (unpaired) electrons. The molecule has 2 aromatic rings. The average Bonchev–Trinajstić information content (AvgIpc) is 2.40. The van der Waals surface area contributed by atoms with Crippen molar-refractivity contribution < 1.29 is 13.6 Å². The zero-order valence-electron chi connectivity index (χ0n) is 10.1. The van der Waals surface area contributed by atoms with Gasteiger partial charge >= 0.3 is 6.03 Å². The molecule has 0 aliphatic heterocycles. The van der Waals surface area contributed by atoms with Gasteiger partial charge in [-0.05, 0) is 58.4 Å². The van der Waals surface area contributed by atoms with Crippen molar-refractivity contribution in [1.29, 1.82) is 0 Å². The summed E-state index contributed by atoms with van der Waals surface area (Å²) in [7, 11) is 0. The summed E-state index contributed by atoms with van der Waals surface area (Å²) in [4.78, 5) is 11.6. The zero-order chi connectivity index (χ0) is 14.5. The second-order valence-electron chi connectivity index (χ2n) is 3.84. The third-order valence-corrected chi connectivity index (χ3v) is 3.00. The molecule has 7 heteroatoms. The topological polar surface area (TPSA) is 53.2 Å². The van der Waals surface area contributed by atoms with Gasteiger partial charge in [0.2, 0.25) is 0 Å². The summed E-state index contributed by atoms with van der Waals surface area (Å²) >= 11 is 3.16. The van der Waals surface area contributed by atoms with Crippen LogP contribution in [0, 0.1) is 11.6 Å². The Bertz CT molecular complexity index is 620. The fourth-order valence-corrected chi connectivity index (χ4v) is 1.86. The average molecular weight is 342 g/mol. The van der Waals surface area contributed by atoms with E-state index in [4.69, 9.17) is 0 Å². The highest BCUT2D eigenvalue weighted by Gasteiger charge is 2.04. The van der Waals surface area contributed by atoms with Crippen molar-refractivity contribution in [2.45, 2.75) is 0 Å². The van der Waals surface area contributed by atoms with Crippen LogP contribution in [0.1, 0.15) is 0 Å². The van der Waals surface area contributed by atoms with Crippen molar-refractivity contribution in [1.82, 2.24) is 5.43 Å². The van der Waals surface area contributed by atoms with E-state index in [2.05, 4.69) is 32.1 Å². The van der Waals surface area contributed by atoms with Crippen LogP contribution in [0.15, 0.2) is 46.9 Å². The SMILES string of the molecule is O=C(NNc1ccc(F)cc1Br)Nc1ccc(F)cc1. The van der Waals surface area contributed by atoms with E-state index < -0.39 is 11.8 Å². The molecule has 3 N–H and O–H groups in total. The number of hydrazine groups is 1. The maximum Gasteiger partial charge on any atom is 0.337 e. The molecule has 0 saturated carbocycles. The molecule has 2 amide bonds. The van der Waals surface area contributed by atoms with Crippen molar-refractivity contribution in [2.75, 3.05) is 10.7 Å². The molecule has 0 atom stereocenters. The Morgan fingerprint density at radius 1 is 1.00 bits per heavy atom. The Morgan fingerprint density at radius 2 is 1.65 bits per heavy atom. The van der Waals surface area contributed by atoms with E-state index in [1.807, 2.05) is 0 Å². The van der Waals surface area contributed by atoms with E-state index >= 15 is 0 Å². The Hall–Kier alpha value is -2.15. The Kier molecular flexibility index (Phi) is 4.52. The van der Waals surface area contributed by atoms with Crippen molar-refractivity contribution in [3.05, 3.63) is 58.6 Å². The van der Waals surface area contributed by atoms with E-state index in [0.717, 1.165) is 0 Å². The van der Waals surface area contributed by atoms with Gasteiger partial charge in [0, 0.05) is 10.2 Å². The molecule has 0 unspecified atom stereocenters. The molecular formula is C13H10BrF2N3O. The molecular weight excluding hydrogens is 332 g/mol. The first-order valence-electron chi connectivity index (χ1n) is 5.58. The number of hydrogen-bond acceptors (Lipinski definition) is 2. The molecule has 0 aromatic heterocycles. The second kappa shape index (κ2) is 6.33. The number of halogens is 3. The largest absolute Gasteiger partial charge is 0.337 e. The summed E-state index contributed by atoms with van der Waals surface area (Å²) in [6, 6.07) is 8.80. The van der Waals surface area contributed by atoms with Gasteiger partial charge in [0.25, 0.3) is 0 Å². The van der Waals surface area contributed by atoms with Crippen LogP contribution in [-0.4, -0.2) is 6.03 Å². The van der Waals surface area contributed by atoms with Gasteiger partial charge < -0.3 is 5.32 Å². The van der Waals surface area contributed by atoms with Crippen LogP contribution < -0.4 is 16.2 Å². The summed E-state index contributed by atoms with van der Waals surface area (Å²) in [5.74, 6) is -0.775. The van der Waals surface area contributed by atoms with Crippen LogP contribution in [0.25, 0.3) is 0 Å². The molecule has 104 valence electrons. The smallest absolute Gasteiger partial charge is 0.307 e. The zero-order valence-corrected chi connectivity index (χ0v) is 11.7. The van der Waals surface area contributed by atoms with Crippen LogP contribution in [0.2, 0.25) is 0 Å². The normalized spacial score (nSPS) is 9.95. The van der Waals surface area contributed by atoms with Crippen LogP contribution in [-0.2, 0) is 0 Å². The molecule has 0 saturated heterocycles. The molecule has 20 heavy (non-hydrogen) atoms. The monoisotopic (exact) mass is 341 g/mol. The highest BCUT2D eigenvalue weighted by Crippen LogP contribution is 2.22. The number of nitrogens with one attached hydrogen (secondary N) is 3. The molecule has 0 heterocycles. The summed E-state index contributed by atoms with van der Waals surface area (Å²) in [5.41, 5.74) is 5.95. The lowest BCUT2D eigenvalue weighted by molar-refractivity contribution is 0.254. The van der Waals surface area contributed by atoms with Crippen LogP contribution in [0.5, 0.6) is 0 Å². The van der Waals surface area contributed by atoms with Crippen LogP contribution in [0.4, 0.5) is 25.0 Å². The lowest BCUT2D eigenvalue weighted by atomic mass is 10.3. The fraction of sp³-hybridized carbons (Fsp3) is 0. The first kappa shape index (κ1) is 14.3. The van der Waals surface area contributed by atoms with Crippen molar-refractivity contribution in [3.63, 3.8) is 0 Å². The maximum absolute atomic E-state index is 12.9. The molecule has 0 fully saturated rings. The van der Waals surface area contributed by atoms with Gasteiger partial charge in [-0.3, -0.25) is 10.9 Å². The van der Waals surface area contributed by atoms with Crippen LogP contribution >= 0.6 is 15.9 Å². The Balaban J connectivity index is 1.90. The van der Waals surface area contributed by atoms with E-state index in [1.165, 1.54) is 42.5 Å². The standard InChI is InChI=1S/C13H10BrF2N3O/c14-11-7-9(16)3-6-12(11)18-19-13(20)17-10-4-1-8(15)2-5-10/h1-7,18H,(H2,17,19,20). The van der Waals surface area contributed by atoms with Gasteiger partial charge in [-0.1, -0.05) is 0 Å². The van der Waals surface area contributed by atoms with Gasteiger partial charge in [-0.2, -0.15) is 0 Å². The molecule has 0 aliphatic carbocycles. The number of hydrogen-bond donors (Lipinski definition) is 3. The minimum Gasteiger partial charge on any atom is -0.307 e. The van der Waals surface area contributed by atoms with Gasteiger partial charge in [0.05, 0.1) is 5.69 Å². The maximum atomic E-state index is 12.9. The van der Waals surface area contributed by atoms with Crippen LogP contribution in [0.3, 0.4) is 0 Å². The molecule has 2 aromatic carbocycles. The molecule has 0 bridgehead atoms. The Labute approximate surface area is 122 Å². The predicted molar refractivity (Wildman–Crippen MR) is 76.3 cm³/mol. The summed E-state index contributed by atoms with van der Waals surface area (Å²) in [6.07, 6.45) is 0. The number of benzene rings is 2. The number of amides is 2. The van der Waals surface area contributed by atoms with Crippen molar-refractivity contribution in [3.8, 4) is 0 Å². The lowest BCUT2D eigenvalue weighted by Crippen LogP contribution is -2.33. The minimum atomic E-state index is -0.534. The van der Waals surface area contributed by atoms with E-state index in [-0.39, 0.29) is 5.82 Å². The van der Waals surface area contributed by atoms with Gasteiger partial charge in [0.15, 0.2) is 0 Å². The number of carbonyl (C=O) groups excluding carboxylic acids is 1. The number of urea groups is 1. The third-order valence-electron chi connectivity index (χ3n) is 2.34. The first-order valence-corrected chi connectivity index (χ1v) is 6.37. The Morgan fingerprint density at radius 3 is 2.30 bits per heavy atom. The summed E-state index contributed by atoms with van der Waals surface area (Å²) in [5, 5.41) is 2.50. The lowest BCUT2D eigenvalue weighted by Gasteiger charge is -2.11. The quantitative estimate of drug-likeness (QED) is 0.742. The fourth-order valence-electron chi connectivity index (χ4n) is 1.41. The molecule has 4 nitrogen and oxygen atoms in total. The number of anilines is 2. The summed E-state index contributed by atoms with van der Waals surface area (Å²) in [6.45, 7) is 0. The first-order chi connectivity index (χ1) is 9.54. The number of carbonyl (C=O) groups is 1. The highest BCUT2D eigenvalue weighted by atomic mass is 79.9. The van der Waals surface area contributed by atoms with E-state index in [9.17, 15) is 13.6 Å². The number of rotatable bonds is 3. The van der Waals surface area contributed by atoms with Gasteiger partial charge in [0.1, 0.15) is 11.6 Å². The highest BCUT2D eigenvalue weighted by molar-refractivity contribution is 9.10. The predicted octanol–water partition coefficient (Wildman–Crippen LogP) is 3.88. The van der Waals surface area contributed by atoms with E-state index in [1.54, 1.807) is 0 Å². The van der Waals surface area contributed by atoms with Gasteiger partial charge in [-0.15, -0.1) is 0 Å². The van der Waals surface area contributed by atoms with Gasteiger partial charge in [-0.25, -0.2) is 13.6 Å². The molecule has 2 rings (SSSR count). The second-order valence-corrected chi connectivity index (χ2v) is 4.69. The molecule has 0 spiro atoms. The molecule has 0 aliphatic rings. The minimum absolute atomic E-state index is 0.385. The third kappa shape index (κ3) is 3.92. The van der Waals surface area contributed by atoms with E-state index in [0.29, 0.717) is 15.8 Å². The summed E-state index contributed by atoms with van der Waals surface area (Å²) < 4.78 is 26.0.